The largest absolute Gasteiger partial charge is 0.463 e. The Morgan fingerprint density at radius 2 is 1.84 bits per heavy atom. The molecular formula is C19H20N4O2. The second-order valence-electron chi connectivity index (χ2n) is 5.53. The number of carbonyl (C=O) groups excluding carboxylic acids is 1. The number of furan rings is 1. The Kier molecular flexibility index (Phi) is 5.77. The molecule has 6 heteroatoms. The van der Waals surface area contributed by atoms with Crippen LogP contribution in [0.4, 0.5) is 4.79 Å². The number of carbonyl (C=O) groups is 1. The molecule has 0 saturated carbocycles. The Hall–Kier alpha value is -3.15. The smallest absolute Gasteiger partial charge is 0.315 e. The Balaban J connectivity index is 1.44. The highest BCUT2D eigenvalue weighted by atomic mass is 16.3. The van der Waals surface area contributed by atoms with Crippen LogP contribution >= 0.6 is 0 Å². The second-order valence-corrected chi connectivity index (χ2v) is 5.53. The summed E-state index contributed by atoms with van der Waals surface area (Å²) in [5.41, 5.74) is 2.57. The molecule has 25 heavy (non-hydrogen) atoms. The highest BCUT2D eigenvalue weighted by molar-refractivity contribution is 5.74. The van der Waals surface area contributed by atoms with Crippen molar-refractivity contribution in [1.82, 2.24) is 20.6 Å². The van der Waals surface area contributed by atoms with Crippen LogP contribution < -0.4 is 10.6 Å². The first-order chi connectivity index (χ1) is 12.3. The van der Waals surface area contributed by atoms with Crippen LogP contribution in [0, 0.1) is 0 Å². The van der Waals surface area contributed by atoms with Crippen LogP contribution in [-0.2, 0) is 13.0 Å². The lowest BCUT2D eigenvalue weighted by Crippen LogP contribution is -2.36. The Morgan fingerprint density at radius 3 is 2.64 bits per heavy atom. The molecule has 3 rings (SSSR count). The summed E-state index contributed by atoms with van der Waals surface area (Å²) >= 11 is 0. The molecule has 0 saturated heterocycles. The van der Waals surface area contributed by atoms with E-state index in [1.165, 1.54) is 5.56 Å². The number of nitrogens with one attached hydrogen (secondary N) is 2. The van der Waals surface area contributed by atoms with Crippen LogP contribution in [-0.4, -0.2) is 22.5 Å². The van der Waals surface area contributed by atoms with Gasteiger partial charge in [0.2, 0.25) is 0 Å². The first-order valence-corrected chi connectivity index (χ1v) is 8.22. The summed E-state index contributed by atoms with van der Waals surface area (Å²) in [7, 11) is 0. The fraction of sp³-hybridized carbons (Fsp3) is 0.211. The average molecular weight is 336 g/mol. The maximum Gasteiger partial charge on any atom is 0.315 e. The molecule has 0 atom stereocenters. The minimum Gasteiger partial charge on any atom is -0.463 e. The van der Waals surface area contributed by atoms with Gasteiger partial charge in [-0.25, -0.2) is 9.78 Å². The van der Waals surface area contributed by atoms with Crippen molar-refractivity contribution >= 4 is 6.03 Å². The molecule has 3 aromatic rings. The number of aryl methyl sites for hydroxylation is 1. The van der Waals surface area contributed by atoms with Gasteiger partial charge in [-0.05, 0) is 30.5 Å². The molecular weight excluding hydrogens is 316 g/mol. The summed E-state index contributed by atoms with van der Waals surface area (Å²) < 4.78 is 5.36. The third kappa shape index (κ3) is 4.91. The summed E-state index contributed by atoms with van der Waals surface area (Å²) in [6, 6.07) is 13.6. The van der Waals surface area contributed by atoms with E-state index in [4.69, 9.17) is 4.42 Å². The van der Waals surface area contributed by atoms with Gasteiger partial charge in [-0.1, -0.05) is 30.3 Å². The zero-order chi connectivity index (χ0) is 17.3. The first kappa shape index (κ1) is 16.7. The number of benzene rings is 1. The SMILES string of the molecule is O=C(NCCCc1ccccc1)NCc1nccnc1-c1ccco1. The van der Waals surface area contributed by atoms with E-state index in [-0.39, 0.29) is 12.6 Å². The number of rotatable bonds is 7. The monoisotopic (exact) mass is 336 g/mol. The third-order valence-corrected chi connectivity index (χ3v) is 3.72. The van der Waals surface area contributed by atoms with E-state index in [2.05, 4.69) is 32.7 Å². The van der Waals surface area contributed by atoms with E-state index in [0.29, 0.717) is 23.7 Å². The van der Waals surface area contributed by atoms with Gasteiger partial charge in [0.25, 0.3) is 0 Å². The molecule has 6 nitrogen and oxygen atoms in total. The summed E-state index contributed by atoms with van der Waals surface area (Å²) in [6.07, 6.45) is 6.61. The number of aromatic nitrogens is 2. The molecule has 0 aliphatic carbocycles. The highest BCUT2D eigenvalue weighted by Gasteiger charge is 2.11. The van der Waals surface area contributed by atoms with Crippen LogP contribution in [0.2, 0.25) is 0 Å². The molecule has 128 valence electrons. The molecule has 0 fully saturated rings. The summed E-state index contributed by atoms with van der Waals surface area (Å²) in [6.45, 7) is 0.903. The summed E-state index contributed by atoms with van der Waals surface area (Å²) in [5, 5.41) is 5.66. The normalized spacial score (nSPS) is 10.4. The van der Waals surface area contributed by atoms with Crippen molar-refractivity contribution in [2.24, 2.45) is 0 Å². The number of amides is 2. The fourth-order valence-corrected chi connectivity index (χ4v) is 2.48. The van der Waals surface area contributed by atoms with Gasteiger partial charge in [-0.2, -0.15) is 0 Å². The minimum atomic E-state index is -0.218. The van der Waals surface area contributed by atoms with Gasteiger partial charge in [0.05, 0.1) is 18.5 Å². The zero-order valence-electron chi connectivity index (χ0n) is 13.8. The Morgan fingerprint density at radius 1 is 1.00 bits per heavy atom. The van der Waals surface area contributed by atoms with Crippen LogP contribution in [0.25, 0.3) is 11.5 Å². The van der Waals surface area contributed by atoms with Crippen molar-refractivity contribution in [3.8, 4) is 11.5 Å². The van der Waals surface area contributed by atoms with Crippen molar-refractivity contribution in [2.45, 2.75) is 19.4 Å². The standard InChI is InChI=1S/C19H20N4O2/c24-19(22-10-4-8-15-6-2-1-3-7-15)23-14-16-18(21-12-11-20-16)17-9-5-13-25-17/h1-3,5-7,9,11-13H,4,8,10,14H2,(H2,22,23,24). The Bertz CT molecular complexity index is 788. The van der Waals surface area contributed by atoms with Crippen molar-refractivity contribution < 1.29 is 9.21 Å². The van der Waals surface area contributed by atoms with Gasteiger partial charge >= 0.3 is 6.03 Å². The molecule has 1 aromatic carbocycles. The van der Waals surface area contributed by atoms with E-state index < -0.39 is 0 Å². The number of hydrogen-bond donors (Lipinski definition) is 2. The fourth-order valence-electron chi connectivity index (χ4n) is 2.48. The van der Waals surface area contributed by atoms with Gasteiger partial charge < -0.3 is 15.1 Å². The molecule has 0 radical (unpaired) electrons. The lowest BCUT2D eigenvalue weighted by atomic mass is 10.1. The van der Waals surface area contributed by atoms with Crippen molar-refractivity contribution in [2.75, 3.05) is 6.54 Å². The topological polar surface area (TPSA) is 80.0 Å². The van der Waals surface area contributed by atoms with Crippen LogP contribution in [0.3, 0.4) is 0 Å². The summed E-state index contributed by atoms with van der Waals surface area (Å²) in [4.78, 5) is 20.5. The average Bonchev–Trinajstić information content (AvgIpc) is 3.19. The third-order valence-electron chi connectivity index (χ3n) is 3.72. The zero-order valence-corrected chi connectivity index (χ0v) is 13.8. The van der Waals surface area contributed by atoms with E-state index in [1.54, 1.807) is 24.7 Å². The number of urea groups is 1. The molecule has 0 unspecified atom stereocenters. The Labute approximate surface area is 146 Å². The number of nitrogens with zero attached hydrogens (tertiary/aromatic N) is 2. The van der Waals surface area contributed by atoms with E-state index in [9.17, 15) is 4.79 Å². The molecule has 2 N–H and O–H groups in total. The predicted molar refractivity (Wildman–Crippen MR) is 94.7 cm³/mol. The second kappa shape index (κ2) is 8.63. The number of hydrogen-bond acceptors (Lipinski definition) is 4. The molecule has 0 aliphatic rings. The predicted octanol–water partition coefficient (Wildman–Crippen LogP) is 3.17. The molecule has 2 amide bonds. The minimum absolute atomic E-state index is 0.218. The van der Waals surface area contributed by atoms with Gasteiger partial charge in [-0.15, -0.1) is 0 Å². The van der Waals surface area contributed by atoms with Gasteiger partial charge in [0.1, 0.15) is 5.69 Å². The van der Waals surface area contributed by atoms with Crippen molar-refractivity contribution in [3.63, 3.8) is 0 Å². The molecule has 2 aromatic heterocycles. The lowest BCUT2D eigenvalue weighted by molar-refractivity contribution is 0.240. The van der Waals surface area contributed by atoms with Gasteiger partial charge in [-0.3, -0.25) is 4.98 Å². The van der Waals surface area contributed by atoms with E-state index in [1.807, 2.05) is 24.3 Å². The van der Waals surface area contributed by atoms with Gasteiger partial charge in [0, 0.05) is 18.9 Å². The highest BCUT2D eigenvalue weighted by Crippen LogP contribution is 2.19. The van der Waals surface area contributed by atoms with E-state index in [0.717, 1.165) is 12.8 Å². The first-order valence-electron chi connectivity index (χ1n) is 8.22. The molecule has 0 bridgehead atoms. The van der Waals surface area contributed by atoms with Crippen LogP contribution in [0.5, 0.6) is 0 Å². The maximum atomic E-state index is 11.9. The lowest BCUT2D eigenvalue weighted by Gasteiger charge is -2.09. The molecule has 2 heterocycles. The maximum absolute atomic E-state index is 11.9. The van der Waals surface area contributed by atoms with Crippen molar-refractivity contribution in [1.29, 1.82) is 0 Å². The van der Waals surface area contributed by atoms with Crippen LogP contribution in [0.1, 0.15) is 17.7 Å². The van der Waals surface area contributed by atoms with Gasteiger partial charge in [0.15, 0.2) is 5.76 Å². The van der Waals surface area contributed by atoms with E-state index >= 15 is 0 Å². The summed E-state index contributed by atoms with van der Waals surface area (Å²) in [5.74, 6) is 0.633. The van der Waals surface area contributed by atoms with Crippen LogP contribution in [0.15, 0.2) is 65.5 Å². The quantitative estimate of drug-likeness (QED) is 0.650. The van der Waals surface area contributed by atoms with Crippen molar-refractivity contribution in [3.05, 3.63) is 72.4 Å². The molecule has 0 aliphatic heterocycles. The molecule has 0 spiro atoms.